The van der Waals surface area contributed by atoms with Gasteiger partial charge >= 0.3 is 5.97 Å². The third kappa shape index (κ3) is 48.5. The van der Waals surface area contributed by atoms with Crippen molar-refractivity contribution >= 4 is 11.9 Å². The summed E-state index contributed by atoms with van der Waals surface area (Å²) in [5, 5.41) is 23.8. The molecule has 0 aromatic rings. The van der Waals surface area contributed by atoms with E-state index < -0.39 is 18.2 Å². The lowest BCUT2D eigenvalue weighted by Gasteiger charge is -2.23. The average Bonchev–Trinajstić information content (AvgIpc) is 3.33. The average molecular weight is 940 g/mol. The molecular formula is C62H101NO5. The van der Waals surface area contributed by atoms with E-state index in [2.05, 4.69) is 148 Å². The Bertz CT molecular complexity index is 1470. The molecule has 6 heteroatoms. The number of unbranched alkanes of at least 4 members (excludes halogenated alkanes) is 15. The minimum Gasteiger partial charge on any atom is -0.458 e. The maximum absolute atomic E-state index is 13.2. The molecule has 384 valence electrons. The van der Waals surface area contributed by atoms with E-state index in [1.54, 1.807) is 6.08 Å². The Balaban J connectivity index is 4.86. The van der Waals surface area contributed by atoms with Crippen LogP contribution in [-0.4, -0.2) is 46.9 Å². The number of amides is 1. The summed E-state index contributed by atoms with van der Waals surface area (Å²) < 4.78 is 5.81. The molecule has 0 radical (unpaired) electrons. The second-order valence-corrected chi connectivity index (χ2v) is 17.9. The molecule has 0 aliphatic heterocycles. The Morgan fingerprint density at radius 2 is 0.809 bits per heavy atom. The van der Waals surface area contributed by atoms with Gasteiger partial charge < -0.3 is 20.3 Å². The molecule has 0 aromatic carbocycles. The first kappa shape index (κ1) is 64.0. The maximum atomic E-state index is 13.2. The minimum atomic E-state index is -0.839. The van der Waals surface area contributed by atoms with E-state index in [1.807, 2.05) is 6.08 Å². The summed E-state index contributed by atoms with van der Waals surface area (Å²) in [4.78, 5) is 26.2. The van der Waals surface area contributed by atoms with Gasteiger partial charge in [-0.25, -0.2) is 0 Å². The van der Waals surface area contributed by atoms with Crippen LogP contribution in [0.4, 0.5) is 0 Å². The smallest absolute Gasteiger partial charge is 0.306 e. The highest BCUT2D eigenvalue weighted by Crippen LogP contribution is 2.15. The lowest BCUT2D eigenvalue weighted by molar-refractivity contribution is -0.148. The second kappa shape index (κ2) is 53.9. The van der Waals surface area contributed by atoms with E-state index in [4.69, 9.17) is 4.74 Å². The number of hydrogen-bond acceptors (Lipinski definition) is 5. The maximum Gasteiger partial charge on any atom is 0.306 e. The molecule has 0 bridgehead atoms. The highest BCUT2D eigenvalue weighted by molar-refractivity contribution is 5.78. The number of allylic oxidation sites excluding steroid dienone is 21. The summed E-state index contributed by atoms with van der Waals surface area (Å²) >= 11 is 0. The number of esters is 1. The number of aliphatic hydroxyl groups is 2. The topological polar surface area (TPSA) is 95.9 Å². The van der Waals surface area contributed by atoms with Gasteiger partial charge in [-0.1, -0.05) is 245 Å². The Morgan fingerprint density at radius 1 is 0.456 bits per heavy atom. The zero-order valence-corrected chi connectivity index (χ0v) is 43.7. The highest BCUT2D eigenvalue weighted by atomic mass is 16.5. The van der Waals surface area contributed by atoms with Gasteiger partial charge in [0.1, 0.15) is 6.10 Å². The van der Waals surface area contributed by atoms with Crippen LogP contribution >= 0.6 is 0 Å². The molecule has 0 spiro atoms. The Labute approximate surface area is 418 Å². The van der Waals surface area contributed by atoms with Gasteiger partial charge in [0.05, 0.1) is 25.2 Å². The van der Waals surface area contributed by atoms with Crippen molar-refractivity contribution in [2.75, 3.05) is 6.61 Å². The minimum absolute atomic E-state index is 0.0785. The standard InChI is InChI=1S/C62H101NO5/c1-4-7-10-13-16-19-22-25-28-30-33-35-38-41-44-47-50-53-58(68-62(67)55-52-49-46-43-40-37-34-31-29-26-23-20-17-14-11-8-5-2)56-61(66)63-59(57-64)60(65)54-51-48-45-42-39-36-32-27-24-21-18-15-12-9-6-3/h7-8,10-11,16-17,19-20,25-26,28-29,33-35,37,41,43-44,46,50,53,58-60,64-65H,4-6,9,12-15,18,21-24,27,30-32,36,38-40,42,45,47-49,51-52,54-57H2,1-3H3,(H,63,66)/b10-7-,11-8-,19-16-,20-17-,28-25-,29-26-,35-33-,37-34-,44-41-,46-43-,53-50-. The fraction of sp³-hybridized carbons (Fsp3) is 0.613. The van der Waals surface area contributed by atoms with E-state index in [9.17, 15) is 19.8 Å². The lowest BCUT2D eigenvalue weighted by Crippen LogP contribution is -2.46. The van der Waals surface area contributed by atoms with E-state index in [1.165, 1.54) is 77.0 Å². The van der Waals surface area contributed by atoms with Crippen LogP contribution in [0.2, 0.25) is 0 Å². The molecule has 0 saturated heterocycles. The van der Waals surface area contributed by atoms with Crippen LogP contribution in [0, 0.1) is 0 Å². The number of aliphatic hydroxyl groups excluding tert-OH is 2. The van der Waals surface area contributed by atoms with Crippen LogP contribution in [-0.2, 0) is 14.3 Å². The SMILES string of the molecule is CC/C=C\C/C=C\C/C=C\C/C=C\C/C=C\C/C=C\C(CC(=O)NC(CO)C(O)CCCCCCCCCCCCCCCCC)OC(=O)CCC/C=C\C/C=C\C/C=C\C/C=C\C/C=C\CC. The van der Waals surface area contributed by atoms with Crippen molar-refractivity contribution < 1.29 is 24.5 Å². The Hall–Kier alpha value is -4.00. The van der Waals surface area contributed by atoms with Crippen molar-refractivity contribution in [1.29, 1.82) is 0 Å². The molecule has 0 aliphatic carbocycles. The Kier molecular flexibility index (Phi) is 50.8. The number of carbonyl (C=O) groups is 2. The van der Waals surface area contributed by atoms with Gasteiger partial charge in [0.25, 0.3) is 0 Å². The van der Waals surface area contributed by atoms with Crippen LogP contribution in [0.5, 0.6) is 0 Å². The molecule has 0 rings (SSSR count). The van der Waals surface area contributed by atoms with Crippen LogP contribution in [0.15, 0.2) is 134 Å². The predicted octanol–water partition coefficient (Wildman–Crippen LogP) is 17.0. The summed E-state index contributed by atoms with van der Waals surface area (Å²) in [7, 11) is 0. The van der Waals surface area contributed by atoms with E-state index in [0.29, 0.717) is 19.3 Å². The van der Waals surface area contributed by atoms with Crippen LogP contribution in [0.25, 0.3) is 0 Å². The number of carbonyl (C=O) groups excluding carboxylic acids is 2. The molecule has 6 nitrogen and oxygen atoms in total. The quantitative estimate of drug-likeness (QED) is 0.0321. The fourth-order valence-electron chi connectivity index (χ4n) is 7.40. The molecule has 0 fully saturated rings. The monoisotopic (exact) mass is 940 g/mol. The molecule has 0 aromatic heterocycles. The number of ether oxygens (including phenoxy) is 1. The molecular weight excluding hydrogens is 839 g/mol. The predicted molar refractivity (Wildman–Crippen MR) is 296 cm³/mol. The van der Waals surface area contributed by atoms with Crippen molar-refractivity contribution in [3.8, 4) is 0 Å². The van der Waals surface area contributed by atoms with Gasteiger partial charge in [0, 0.05) is 6.42 Å². The van der Waals surface area contributed by atoms with Crippen molar-refractivity contribution in [3.05, 3.63) is 134 Å². The Morgan fingerprint density at radius 3 is 1.19 bits per heavy atom. The zero-order chi connectivity index (χ0) is 49.5. The van der Waals surface area contributed by atoms with Crippen molar-refractivity contribution in [1.82, 2.24) is 5.32 Å². The van der Waals surface area contributed by atoms with Gasteiger partial charge in [-0.3, -0.25) is 9.59 Å². The van der Waals surface area contributed by atoms with E-state index >= 15 is 0 Å². The first-order valence-electron chi connectivity index (χ1n) is 27.4. The van der Waals surface area contributed by atoms with Crippen LogP contribution in [0.3, 0.4) is 0 Å². The van der Waals surface area contributed by atoms with Gasteiger partial charge in [-0.15, -0.1) is 0 Å². The molecule has 68 heavy (non-hydrogen) atoms. The molecule has 3 atom stereocenters. The molecule has 0 aliphatic rings. The third-order valence-electron chi connectivity index (χ3n) is 11.5. The summed E-state index contributed by atoms with van der Waals surface area (Å²) in [6.45, 7) is 6.20. The highest BCUT2D eigenvalue weighted by Gasteiger charge is 2.23. The van der Waals surface area contributed by atoms with E-state index in [-0.39, 0.29) is 31.3 Å². The molecule has 0 saturated carbocycles. The van der Waals surface area contributed by atoms with E-state index in [0.717, 1.165) is 89.9 Å². The number of nitrogens with one attached hydrogen (secondary N) is 1. The first-order chi connectivity index (χ1) is 33.5. The molecule has 0 heterocycles. The first-order valence-corrected chi connectivity index (χ1v) is 27.4. The van der Waals surface area contributed by atoms with Gasteiger partial charge in [0.2, 0.25) is 5.91 Å². The van der Waals surface area contributed by atoms with Gasteiger partial charge in [-0.2, -0.15) is 0 Å². The van der Waals surface area contributed by atoms with Crippen molar-refractivity contribution in [2.24, 2.45) is 0 Å². The van der Waals surface area contributed by atoms with Crippen LogP contribution in [0.1, 0.15) is 220 Å². The van der Waals surface area contributed by atoms with Crippen molar-refractivity contribution in [2.45, 2.75) is 238 Å². The summed E-state index contributed by atoms with van der Waals surface area (Å²) in [6.07, 6.45) is 76.9. The normalized spacial score (nSPS) is 14.2. The van der Waals surface area contributed by atoms with Gasteiger partial charge in [-0.05, 0) is 96.0 Å². The summed E-state index contributed by atoms with van der Waals surface area (Å²) in [6, 6.07) is -0.765. The lowest BCUT2D eigenvalue weighted by atomic mass is 10.0. The zero-order valence-electron chi connectivity index (χ0n) is 43.7. The number of hydrogen-bond donors (Lipinski definition) is 3. The molecule has 1 amide bonds. The number of rotatable bonds is 47. The third-order valence-corrected chi connectivity index (χ3v) is 11.5. The van der Waals surface area contributed by atoms with Crippen molar-refractivity contribution in [3.63, 3.8) is 0 Å². The molecule has 3 N–H and O–H groups in total. The fourth-order valence-corrected chi connectivity index (χ4v) is 7.40. The largest absolute Gasteiger partial charge is 0.458 e. The van der Waals surface area contributed by atoms with Gasteiger partial charge in [0.15, 0.2) is 0 Å². The molecule has 3 unspecified atom stereocenters. The van der Waals surface area contributed by atoms with Crippen LogP contribution < -0.4 is 5.32 Å². The second-order valence-electron chi connectivity index (χ2n) is 17.9. The summed E-state index contributed by atoms with van der Waals surface area (Å²) in [5.74, 6) is -0.711. The summed E-state index contributed by atoms with van der Waals surface area (Å²) in [5.41, 5.74) is 0.